The number of phenols is 1. The molecule has 0 saturated heterocycles. The molecule has 1 aromatic carbocycles. The van der Waals surface area contributed by atoms with Crippen LogP contribution in [0.5, 0.6) is 11.5 Å². The lowest BCUT2D eigenvalue weighted by Crippen LogP contribution is -2.22. The third-order valence-corrected chi connectivity index (χ3v) is 3.53. The number of nitrogens with one attached hydrogen (secondary N) is 1. The van der Waals surface area contributed by atoms with Crippen LogP contribution >= 0.6 is 0 Å². The van der Waals surface area contributed by atoms with Crippen molar-refractivity contribution in [2.24, 2.45) is 5.92 Å². The Morgan fingerprint density at radius 2 is 2.09 bits per heavy atom. The second-order valence-corrected chi connectivity index (χ2v) is 6.13. The van der Waals surface area contributed by atoms with E-state index in [4.69, 9.17) is 4.74 Å². The number of amides is 1. The van der Waals surface area contributed by atoms with E-state index in [2.05, 4.69) is 31.3 Å². The average Bonchev–Trinajstić information content (AvgIpc) is 2.52. The van der Waals surface area contributed by atoms with Crippen LogP contribution in [0.4, 0.5) is 0 Å². The lowest BCUT2D eigenvalue weighted by atomic mass is 10.1. The topological polar surface area (TPSA) is 58.6 Å². The molecular formula is C19H29NO3. The van der Waals surface area contributed by atoms with Crippen molar-refractivity contribution in [2.75, 3.05) is 7.11 Å². The maximum absolute atomic E-state index is 11.8. The van der Waals surface area contributed by atoms with Crippen molar-refractivity contribution in [3.8, 4) is 11.5 Å². The Morgan fingerprint density at radius 3 is 2.78 bits per heavy atom. The zero-order valence-electron chi connectivity index (χ0n) is 14.5. The molecule has 0 spiro atoms. The summed E-state index contributed by atoms with van der Waals surface area (Å²) in [4.78, 5) is 11.8. The van der Waals surface area contributed by atoms with E-state index in [1.165, 1.54) is 7.11 Å². The SMILES string of the molecule is COc1cc(CNC(=O)CCCC/C=C/CC(C)C)ccc1O. The van der Waals surface area contributed by atoms with Gasteiger partial charge in [0.2, 0.25) is 5.91 Å². The van der Waals surface area contributed by atoms with Crippen LogP contribution in [0.3, 0.4) is 0 Å². The molecule has 4 nitrogen and oxygen atoms in total. The number of carbonyl (C=O) groups is 1. The van der Waals surface area contributed by atoms with Crippen LogP contribution in [0.1, 0.15) is 51.5 Å². The predicted molar refractivity (Wildman–Crippen MR) is 93.6 cm³/mol. The molecule has 0 bridgehead atoms. The Balaban J connectivity index is 2.18. The smallest absolute Gasteiger partial charge is 0.220 e. The monoisotopic (exact) mass is 319 g/mol. The van der Waals surface area contributed by atoms with Crippen molar-refractivity contribution in [3.63, 3.8) is 0 Å². The molecule has 0 aromatic heterocycles. The van der Waals surface area contributed by atoms with Crippen LogP contribution in [0.2, 0.25) is 0 Å². The summed E-state index contributed by atoms with van der Waals surface area (Å²) in [5.41, 5.74) is 0.907. The maximum Gasteiger partial charge on any atom is 0.220 e. The molecule has 23 heavy (non-hydrogen) atoms. The summed E-state index contributed by atoms with van der Waals surface area (Å²) in [7, 11) is 1.51. The van der Waals surface area contributed by atoms with Gasteiger partial charge >= 0.3 is 0 Å². The van der Waals surface area contributed by atoms with Crippen LogP contribution in [0.25, 0.3) is 0 Å². The van der Waals surface area contributed by atoms with Crippen molar-refractivity contribution in [2.45, 2.75) is 52.5 Å². The highest BCUT2D eigenvalue weighted by molar-refractivity contribution is 5.75. The number of benzene rings is 1. The van der Waals surface area contributed by atoms with Gasteiger partial charge in [-0.3, -0.25) is 4.79 Å². The van der Waals surface area contributed by atoms with Crippen molar-refractivity contribution in [1.29, 1.82) is 0 Å². The second-order valence-electron chi connectivity index (χ2n) is 6.13. The summed E-state index contributed by atoms with van der Waals surface area (Å²) >= 11 is 0. The van der Waals surface area contributed by atoms with E-state index in [0.29, 0.717) is 24.6 Å². The van der Waals surface area contributed by atoms with E-state index in [-0.39, 0.29) is 11.7 Å². The van der Waals surface area contributed by atoms with Crippen molar-refractivity contribution in [1.82, 2.24) is 5.32 Å². The number of ether oxygens (including phenoxy) is 1. The minimum absolute atomic E-state index is 0.0585. The number of unbranched alkanes of at least 4 members (excludes halogenated alkanes) is 2. The van der Waals surface area contributed by atoms with E-state index < -0.39 is 0 Å². The first-order valence-corrected chi connectivity index (χ1v) is 8.30. The van der Waals surface area contributed by atoms with Gasteiger partial charge in [0.05, 0.1) is 7.11 Å². The molecule has 0 aliphatic heterocycles. The van der Waals surface area contributed by atoms with E-state index in [0.717, 1.165) is 31.2 Å². The van der Waals surface area contributed by atoms with E-state index in [1.807, 2.05) is 0 Å². The van der Waals surface area contributed by atoms with Crippen molar-refractivity contribution in [3.05, 3.63) is 35.9 Å². The Labute approximate surface area is 139 Å². The first-order chi connectivity index (χ1) is 11.0. The van der Waals surface area contributed by atoms with Crippen molar-refractivity contribution < 1.29 is 14.6 Å². The van der Waals surface area contributed by atoms with Gasteiger partial charge in [0.15, 0.2) is 11.5 Å². The quantitative estimate of drug-likeness (QED) is 0.502. The molecule has 0 unspecified atom stereocenters. The van der Waals surface area contributed by atoms with E-state index in [1.54, 1.807) is 18.2 Å². The lowest BCUT2D eigenvalue weighted by Gasteiger charge is -2.08. The van der Waals surface area contributed by atoms with Gasteiger partial charge in [-0.05, 0) is 49.3 Å². The number of hydrogen-bond donors (Lipinski definition) is 2. The zero-order valence-corrected chi connectivity index (χ0v) is 14.5. The second kappa shape index (κ2) is 10.7. The van der Waals surface area contributed by atoms with Gasteiger partial charge in [-0.1, -0.05) is 32.1 Å². The molecule has 0 atom stereocenters. The first kappa shape index (κ1) is 19.1. The van der Waals surface area contributed by atoms with Crippen LogP contribution < -0.4 is 10.1 Å². The summed E-state index contributed by atoms with van der Waals surface area (Å²) in [6, 6.07) is 5.08. The molecule has 0 fully saturated rings. The predicted octanol–water partition coefficient (Wildman–Crippen LogP) is 4.18. The number of rotatable bonds is 10. The van der Waals surface area contributed by atoms with E-state index in [9.17, 15) is 9.90 Å². The third kappa shape index (κ3) is 8.29. The summed E-state index contributed by atoms with van der Waals surface area (Å²) in [6.07, 6.45) is 9.08. The van der Waals surface area contributed by atoms with Gasteiger partial charge in [0.1, 0.15) is 0 Å². The molecule has 1 aromatic rings. The molecule has 0 radical (unpaired) electrons. The lowest BCUT2D eigenvalue weighted by molar-refractivity contribution is -0.121. The molecular weight excluding hydrogens is 290 g/mol. The van der Waals surface area contributed by atoms with Gasteiger partial charge in [0.25, 0.3) is 0 Å². The Hall–Kier alpha value is -1.97. The van der Waals surface area contributed by atoms with Crippen LogP contribution in [-0.4, -0.2) is 18.1 Å². The maximum atomic E-state index is 11.8. The standard InChI is InChI=1S/C19H29NO3/c1-15(2)9-7-5-4-6-8-10-19(22)20-14-16-11-12-17(21)18(13-16)23-3/h5,7,11-13,15,21H,4,6,8-10,14H2,1-3H3,(H,20,22)/b7-5+. The minimum Gasteiger partial charge on any atom is -0.504 e. The summed E-state index contributed by atoms with van der Waals surface area (Å²) in [6.45, 7) is 4.86. The summed E-state index contributed by atoms with van der Waals surface area (Å²) < 4.78 is 5.05. The fourth-order valence-corrected chi connectivity index (χ4v) is 2.16. The molecule has 4 heteroatoms. The normalized spacial score (nSPS) is 11.1. The number of hydrogen-bond acceptors (Lipinski definition) is 3. The van der Waals surface area contributed by atoms with E-state index >= 15 is 0 Å². The van der Waals surface area contributed by atoms with Gasteiger partial charge in [-0.25, -0.2) is 0 Å². The number of allylic oxidation sites excluding steroid dienone is 2. The zero-order chi connectivity index (χ0) is 17.1. The highest BCUT2D eigenvalue weighted by Gasteiger charge is 2.05. The molecule has 0 aliphatic rings. The van der Waals surface area contributed by atoms with Crippen LogP contribution in [0, 0.1) is 5.92 Å². The van der Waals surface area contributed by atoms with Crippen LogP contribution in [-0.2, 0) is 11.3 Å². The largest absolute Gasteiger partial charge is 0.504 e. The van der Waals surface area contributed by atoms with Gasteiger partial charge in [-0.15, -0.1) is 0 Å². The molecule has 2 N–H and O–H groups in total. The van der Waals surface area contributed by atoms with Crippen LogP contribution in [0.15, 0.2) is 30.4 Å². The first-order valence-electron chi connectivity index (χ1n) is 8.30. The minimum atomic E-state index is 0.0585. The molecule has 1 amide bonds. The van der Waals surface area contributed by atoms with Gasteiger partial charge < -0.3 is 15.2 Å². The average molecular weight is 319 g/mol. The highest BCUT2D eigenvalue weighted by Crippen LogP contribution is 2.26. The highest BCUT2D eigenvalue weighted by atomic mass is 16.5. The molecule has 0 saturated carbocycles. The molecule has 0 aliphatic carbocycles. The fourth-order valence-electron chi connectivity index (χ4n) is 2.16. The summed E-state index contributed by atoms with van der Waals surface area (Å²) in [5.74, 6) is 1.29. The Bertz CT molecular complexity index is 509. The Morgan fingerprint density at radius 1 is 1.30 bits per heavy atom. The van der Waals surface area contributed by atoms with Gasteiger partial charge in [0, 0.05) is 13.0 Å². The molecule has 128 valence electrons. The number of aromatic hydroxyl groups is 1. The molecule has 0 heterocycles. The third-order valence-electron chi connectivity index (χ3n) is 3.53. The van der Waals surface area contributed by atoms with Gasteiger partial charge in [-0.2, -0.15) is 0 Å². The Kier molecular flexibility index (Phi) is 8.88. The summed E-state index contributed by atoms with van der Waals surface area (Å²) in [5, 5.41) is 12.4. The fraction of sp³-hybridized carbons (Fsp3) is 0.526. The molecule has 1 rings (SSSR count). The number of carbonyl (C=O) groups excluding carboxylic acids is 1. The van der Waals surface area contributed by atoms with Crippen molar-refractivity contribution >= 4 is 5.91 Å². The number of phenolic OH excluding ortho intramolecular Hbond substituents is 1. The number of methoxy groups -OCH3 is 1.